The van der Waals surface area contributed by atoms with Gasteiger partial charge in [0.2, 0.25) is 0 Å². The van der Waals surface area contributed by atoms with Crippen LogP contribution in [-0.4, -0.2) is 37.2 Å². The Kier molecular flexibility index (Phi) is 67.7. The summed E-state index contributed by atoms with van der Waals surface area (Å²) < 4.78 is 17.0. The quantitative estimate of drug-likeness (QED) is 0.0261. The highest BCUT2D eigenvalue weighted by atomic mass is 16.6. The van der Waals surface area contributed by atoms with E-state index in [9.17, 15) is 14.4 Å². The third kappa shape index (κ3) is 69.0. The van der Waals surface area contributed by atoms with Gasteiger partial charge in [0.1, 0.15) is 13.2 Å². The maximum Gasteiger partial charge on any atom is 0.306 e. The van der Waals surface area contributed by atoms with Crippen molar-refractivity contribution in [2.75, 3.05) is 13.2 Å². The van der Waals surface area contributed by atoms with Crippen LogP contribution in [0.15, 0.2) is 97.2 Å². The molecule has 0 aliphatic carbocycles. The molecule has 0 saturated heterocycles. The Hall–Kier alpha value is -3.67. The molecule has 0 aromatic carbocycles. The Balaban J connectivity index is 4.35. The van der Waals surface area contributed by atoms with E-state index in [4.69, 9.17) is 14.2 Å². The van der Waals surface area contributed by atoms with Gasteiger partial charge in [0.15, 0.2) is 6.10 Å². The highest BCUT2D eigenvalue weighted by molar-refractivity contribution is 5.71. The molecular formula is C77H134O6. The molecule has 1 atom stereocenters. The first-order valence-corrected chi connectivity index (χ1v) is 35.7. The molecule has 0 fully saturated rings. The van der Waals surface area contributed by atoms with Crippen molar-refractivity contribution in [3.05, 3.63) is 97.2 Å². The molecule has 0 aromatic heterocycles. The van der Waals surface area contributed by atoms with E-state index >= 15 is 0 Å². The standard InChI is InChI=1S/C77H134O6/c1-4-7-10-13-16-19-22-25-28-30-32-34-36-37-38-39-41-42-44-46-49-52-55-58-61-64-67-70-76(79)82-73-74(72-81-75(78)69-66-63-60-57-54-51-48-27-24-21-18-15-12-9-6-3)83-77(80)71-68-65-62-59-56-53-50-47-45-43-40-35-33-31-29-26-23-20-17-14-11-8-5-2/h8,11,17,20,22,25-26,29-30,32-33,35,43,45,50,53,74H,4-7,9-10,12-16,18-19,21,23-24,27-28,31,34,36-42,44,46-49,51-52,54-73H2,1-3H3/b11-8-,20-17-,25-22-,29-26-,32-30-,35-33-,45-43-,53-50-. The highest BCUT2D eigenvalue weighted by Gasteiger charge is 2.19. The fourth-order valence-corrected chi connectivity index (χ4v) is 10.2. The van der Waals surface area contributed by atoms with Gasteiger partial charge in [-0.3, -0.25) is 14.4 Å². The first kappa shape index (κ1) is 79.3. The van der Waals surface area contributed by atoms with Gasteiger partial charge in [-0.25, -0.2) is 0 Å². The van der Waals surface area contributed by atoms with Crippen molar-refractivity contribution in [1.29, 1.82) is 0 Å². The van der Waals surface area contributed by atoms with Gasteiger partial charge in [-0.15, -0.1) is 0 Å². The van der Waals surface area contributed by atoms with Crippen LogP contribution in [0.3, 0.4) is 0 Å². The van der Waals surface area contributed by atoms with Crippen molar-refractivity contribution in [3.63, 3.8) is 0 Å². The van der Waals surface area contributed by atoms with Crippen molar-refractivity contribution in [2.45, 2.75) is 361 Å². The van der Waals surface area contributed by atoms with Crippen LogP contribution in [0.5, 0.6) is 0 Å². The summed E-state index contributed by atoms with van der Waals surface area (Å²) in [6.07, 6.45) is 95.7. The molecule has 0 radical (unpaired) electrons. The van der Waals surface area contributed by atoms with E-state index in [1.54, 1.807) is 0 Å². The number of ether oxygens (including phenoxy) is 3. The summed E-state index contributed by atoms with van der Waals surface area (Å²) in [5, 5.41) is 0. The van der Waals surface area contributed by atoms with Gasteiger partial charge in [0.05, 0.1) is 0 Å². The molecule has 0 N–H and O–H groups in total. The van der Waals surface area contributed by atoms with Gasteiger partial charge in [-0.2, -0.15) is 0 Å². The minimum absolute atomic E-state index is 0.0845. The molecular weight excluding hydrogens is 1020 g/mol. The molecule has 83 heavy (non-hydrogen) atoms. The third-order valence-corrected chi connectivity index (χ3v) is 15.6. The van der Waals surface area contributed by atoms with E-state index in [2.05, 4.69) is 118 Å². The van der Waals surface area contributed by atoms with Crippen molar-refractivity contribution in [1.82, 2.24) is 0 Å². The third-order valence-electron chi connectivity index (χ3n) is 15.6. The van der Waals surface area contributed by atoms with Crippen LogP contribution in [0.1, 0.15) is 355 Å². The maximum absolute atomic E-state index is 13.0. The predicted molar refractivity (Wildman–Crippen MR) is 362 cm³/mol. The lowest BCUT2D eigenvalue weighted by Gasteiger charge is -2.18. The lowest BCUT2D eigenvalue weighted by Crippen LogP contribution is -2.30. The lowest BCUT2D eigenvalue weighted by atomic mass is 10.0. The molecule has 0 heterocycles. The molecule has 0 bridgehead atoms. The maximum atomic E-state index is 13.0. The minimum Gasteiger partial charge on any atom is -0.462 e. The fraction of sp³-hybridized carbons (Fsp3) is 0.753. The average Bonchev–Trinajstić information content (AvgIpc) is 3.49. The van der Waals surface area contributed by atoms with Gasteiger partial charge >= 0.3 is 17.9 Å². The summed E-state index contributed by atoms with van der Waals surface area (Å²) in [7, 11) is 0. The molecule has 0 aliphatic heterocycles. The van der Waals surface area contributed by atoms with E-state index in [0.29, 0.717) is 19.3 Å². The number of hydrogen-bond acceptors (Lipinski definition) is 6. The molecule has 6 nitrogen and oxygen atoms in total. The lowest BCUT2D eigenvalue weighted by molar-refractivity contribution is -0.167. The molecule has 0 rings (SSSR count). The monoisotopic (exact) mass is 1160 g/mol. The molecule has 1 unspecified atom stereocenters. The first-order valence-electron chi connectivity index (χ1n) is 35.7. The number of carbonyl (C=O) groups excluding carboxylic acids is 3. The van der Waals surface area contributed by atoms with Crippen LogP contribution < -0.4 is 0 Å². The SMILES string of the molecule is CC/C=C\C/C=C\C/C=C\C/C=C\C/C=C\C/C=C\CCCCCCC(=O)OC(COC(=O)CCCCCCCCCCCCCCCCC)COC(=O)CCCCCCCCCCCCCCCCC/C=C\C/C=C\CCCCCCC. The number of esters is 3. The van der Waals surface area contributed by atoms with Crippen molar-refractivity contribution in [3.8, 4) is 0 Å². The van der Waals surface area contributed by atoms with E-state index in [-0.39, 0.29) is 31.1 Å². The summed E-state index contributed by atoms with van der Waals surface area (Å²) in [5.41, 5.74) is 0. The number of carbonyl (C=O) groups is 3. The molecule has 0 aromatic rings. The Morgan fingerprint density at radius 1 is 0.253 bits per heavy atom. The normalized spacial score (nSPS) is 12.7. The van der Waals surface area contributed by atoms with Gasteiger partial charge in [0.25, 0.3) is 0 Å². The zero-order valence-corrected chi connectivity index (χ0v) is 54.9. The number of rotatable bonds is 65. The van der Waals surface area contributed by atoms with Crippen molar-refractivity contribution in [2.24, 2.45) is 0 Å². The van der Waals surface area contributed by atoms with Crippen LogP contribution >= 0.6 is 0 Å². The number of allylic oxidation sites excluding steroid dienone is 16. The highest BCUT2D eigenvalue weighted by Crippen LogP contribution is 2.17. The van der Waals surface area contributed by atoms with Gasteiger partial charge in [-0.1, -0.05) is 330 Å². The summed E-state index contributed by atoms with van der Waals surface area (Å²) in [6.45, 7) is 6.54. The smallest absolute Gasteiger partial charge is 0.306 e. The Bertz CT molecular complexity index is 1610. The second-order valence-electron chi connectivity index (χ2n) is 23.8. The van der Waals surface area contributed by atoms with Crippen molar-refractivity contribution >= 4 is 17.9 Å². The van der Waals surface area contributed by atoms with Crippen molar-refractivity contribution < 1.29 is 28.6 Å². The van der Waals surface area contributed by atoms with Crippen LogP contribution in [0.2, 0.25) is 0 Å². The number of hydrogen-bond donors (Lipinski definition) is 0. The largest absolute Gasteiger partial charge is 0.462 e. The molecule has 478 valence electrons. The molecule has 0 amide bonds. The molecule has 0 saturated carbocycles. The summed E-state index contributed by atoms with van der Waals surface area (Å²) in [5.74, 6) is -0.891. The predicted octanol–water partition coefficient (Wildman–Crippen LogP) is 24.8. The second-order valence-corrected chi connectivity index (χ2v) is 23.8. The van der Waals surface area contributed by atoms with Crippen LogP contribution in [0.4, 0.5) is 0 Å². The summed E-state index contributed by atoms with van der Waals surface area (Å²) >= 11 is 0. The van der Waals surface area contributed by atoms with Crippen LogP contribution in [-0.2, 0) is 28.6 Å². The van der Waals surface area contributed by atoms with E-state index in [1.807, 2.05) is 0 Å². The number of unbranched alkanes of at least 4 members (excludes halogenated alkanes) is 38. The average molecular weight is 1160 g/mol. The molecule has 0 aliphatic rings. The Morgan fingerprint density at radius 3 is 0.735 bits per heavy atom. The zero-order valence-electron chi connectivity index (χ0n) is 54.9. The molecule has 0 spiro atoms. The zero-order chi connectivity index (χ0) is 59.9. The van der Waals surface area contributed by atoms with Crippen LogP contribution in [0, 0.1) is 0 Å². The minimum atomic E-state index is -0.792. The topological polar surface area (TPSA) is 78.9 Å². The fourth-order valence-electron chi connectivity index (χ4n) is 10.2. The molecule has 6 heteroatoms. The summed E-state index contributed by atoms with van der Waals surface area (Å²) in [4.78, 5) is 38.5. The summed E-state index contributed by atoms with van der Waals surface area (Å²) in [6, 6.07) is 0. The van der Waals surface area contributed by atoms with E-state index in [0.717, 1.165) is 116 Å². The second kappa shape index (κ2) is 70.8. The van der Waals surface area contributed by atoms with Gasteiger partial charge < -0.3 is 14.2 Å². The Labute approximate surface area is 515 Å². The van der Waals surface area contributed by atoms with Gasteiger partial charge in [0, 0.05) is 19.3 Å². The Morgan fingerprint density at radius 2 is 0.470 bits per heavy atom. The van der Waals surface area contributed by atoms with Gasteiger partial charge in [-0.05, 0) is 103 Å². The first-order chi connectivity index (χ1) is 41.0. The van der Waals surface area contributed by atoms with E-state index < -0.39 is 6.10 Å². The van der Waals surface area contributed by atoms with E-state index in [1.165, 1.54) is 199 Å². The van der Waals surface area contributed by atoms with Crippen LogP contribution in [0.25, 0.3) is 0 Å².